The summed E-state index contributed by atoms with van der Waals surface area (Å²) in [5, 5.41) is 13.7. The topological polar surface area (TPSA) is 101 Å². The first-order valence-corrected chi connectivity index (χ1v) is 11.6. The summed E-state index contributed by atoms with van der Waals surface area (Å²) in [6.45, 7) is 10.8. The van der Waals surface area contributed by atoms with Gasteiger partial charge in [0.05, 0.1) is 11.1 Å². The van der Waals surface area contributed by atoms with Gasteiger partial charge in [0.25, 0.3) is 5.56 Å². The molecule has 0 aliphatic carbocycles. The number of piperazine rings is 1. The summed E-state index contributed by atoms with van der Waals surface area (Å²) in [4.78, 5) is 21.1. The van der Waals surface area contributed by atoms with E-state index in [4.69, 9.17) is 9.47 Å². The van der Waals surface area contributed by atoms with Gasteiger partial charge in [-0.05, 0) is 49.9 Å². The van der Waals surface area contributed by atoms with Crippen LogP contribution >= 0.6 is 0 Å². The third-order valence-corrected chi connectivity index (χ3v) is 6.91. The minimum Gasteiger partial charge on any atom is -0.486 e. The van der Waals surface area contributed by atoms with E-state index in [1.807, 2.05) is 22.9 Å². The van der Waals surface area contributed by atoms with E-state index in [0.717, 1.165) is 43.5 Å². The van der Waals surface area contributed by atoms with Crippen molar-refractivity contribution in [2.75, 3.05) is 46.4 Å². The van der Waals surface area contributed by atoms with Crippen molar-refractivity contribution in [3.05, 3.63) is 39.9 Å². The number of rotatable bonds is 5. The molecule has 1 unspecified atom stereocenters. The number of nitrogens with one attached hydrogen (secondary N) is 1. The Morgan fingerprint density at radius 3 is 2.48 bits per heavy atom. The third-order valence-electron chi connectivity index (χ3n) is 6.91. The Bertz CT molecular complexity index is 1210. The number of tetrazole rings is 1. The fourth-order valence-electron chi connectivity index (χ4n) is 4.49. The molecule has 4 heterocycles. The molecule has 2 aromatic heterocycles. The second-order valence-corrected chi connectivity index (χ2v) is 9.49. The van der Waals surface area contributed by atoms with Crippen molar-refractivity contribution in [2.45, 2.75) is 38.8 Å². The summed E-state index contributed by atoms with van der Waals surface area (Å²) in [7, 11) is 2.12. The van der Waals surface area contributed by atoms with Gasteiger partial charge >= 0.3 is 0 Å². The summed E-state index contributed by atoms with van der Waals surface area (Å²) in [6.07, 6.45) is 0.859. The molecule has 1 fully saturated rings. The molecule has 1 N–H and O–H groups in total. The second-order valence-electron chi connectivity index (χ2n) is 9.49. The SMILES string of the molecule is CCC(C)(C)n1nnnc1C(c1cc2cc3c(cc2[nH]c1=O)OCCO3)N1CCN(C)CC1. The quantitative estimate of drug-likeness (QED) is 0.624. The minimum absolute atomic E-state index is 0.146. The van der Waals surface area contributed by atoms with Crippen molar-refractivity contribution in [3.63, 3.8) is 0 Å². The van der Waals surface area contributed by atoms with Crippen LogP contribution in [0.1, 0.15) is 44.6 Å². The fraction of sp³-hybridized carbons (Fsp3) is 0.565. The Balaban J connectivity index is 1.66. The first-order chi connectivity index (χ1) is 15.9. The van der Waals surface area contributed by atoms with Crippen LogP contribution in [0.5, 0.6) is 11.5 Å². The molecule has 5 rings (SSSR count). The molecule has 1 aromatic carbocycles. The summed E-state index contributed by atoms with van der Waals surface area (Å²) < 4.78 is 13.3. The number of aromatic amines is 1. The molecule has 0 amide bonds. The van der Waals surface area contributed by atoms with Crippen molar-refractivity contribution < 1.29 is 9.47 Å². The zero-order valence-corrected chi connectivity index (χ0v) is 19.7. The Kier molecular flexibility index (Phi) is 5.57. The molecular weight excluding hydrogens is 422 g/mol. The van der Waals surface area contributed by atoms with Gasteiger partial charge in [0.1, 0.15) is 19.3 Å². The molecule has 10 nitrogen and oxygen atoms in total. The van der Waals surface area contributed by atoms with Crippen LogP contribution in [0.3, 0.4) is 0 Å². The zero-order valence-electron chi connectivity index (χ0n) is 19.7. The van der Waals surface area contributed by atoms with E-state index in [1.165, 1.54) is 0 Å². The Labute approximate surface area is 192 Å². The maximum Gasteiger partial charge on any atom is 0.253 e. The summed E-state index contributed by atoms with van der Waals surface area (Å²) in [5.74, 6) is 2.04. The maximum absolute atomic E-state index is 13.4. The number of benzene rings is 1. The van der Waals surface area contributed by atoms with E-state index in [0.29, 0.717) is 36.1 Å². The molecule has 33 heavy (non-hydrogen) atoms. The van der Waals surface area contributed by atoms with Crippen LogP contribution in [-0.4, -0.2) is 81.4 Å². The Hall–Kier alpha value is -2.98. The van der Waals surface area contributed by atoms with Gasteiger partial charge in [0.2, 0.25) is 0 Å². The highest BCUT2D eigenvalue weighted by Crippen LogP contribution is 2.36. The van der Waals surface area contributed by atoms with Crippen LogP contribution in [0, 0.1) is 0 Å². The molecule has 10 heteroatoms. The van der Waals surface area contributed by atoms with Crippen molar-refractivity contribution in [3.8, 4) is 11.5 Å². The lowest BCUT2D eigenvalue weighted by Gasteiger charge is -2.38. The number of pyridine rings is 1. The number of likely N-dealkylation sites (N-methyl/N-ethyl adjacent to an activating group) is 1. The van der Waals surface area contributed by atoms with Crippen LogP contribution in [0.25, 0.3) is 10.9 Å². The standard InChI is InChI=1S/C23H31N7O3/c1-5-23(2,3)30-21(25-26-27-30)20(29-8-6-28(4)7-9-29)16-12-15-13-18-19(33-11-10-32-18)14-17(15)24-22(16)31/h12-14,20H,5-11H2,1-4H3,(H,24,31). The van der Waals surface area contributed by atoms with E-state index >= 15 is 0 Å². The Morgan fingerprint density at radius 1 is 1.09 bits per heavy atom. The lowest BCUT2D eigenvalue weighted by molar-refractivity contribution is 0.117. The molecule has 2 aliphatic rings. The number of ether oxygens (including phenoxy) is 2. The molecule has 1 saturated heterocycles. The fourth-order valence-corrected chi connectivity index (χ4v) is 4.49. The van der Waals surface area contributed by atoms with E-state index in [1.54, 1.807) is 0 Å². The number of nitrogens with zero attached hydrogens (tertiary/aromatic N) is 6. The molecule has 0 saturated carbocycles. The van der Waals surface area contributed by atoms with Crippen molar-refractivity contribution >= 4 is 10.9 Å². The van der Waals surface area contributed by atoms with Gasteiger partial charge in [0.15, 0.2) is 17.3 Å². The Morgan fingerprint density at radius 2 is 1.79 bits per heavy atom. The highest BCUT2D eigenvalue weighted by molar-refractivity contribution is 5.83. The van der Waals surface area contributed by atoms with Crippen molar-refractivity contribution in [1.29, 1.82) is 0 Å². The van der Waals surface area contributed by atoms with E-state index in [2.05, 4.69) is 58.1 Å². The van der Waals surface area contributed by atoms with Gasteiger partial charge in [0, 0.05) is 43.2 Å². The monoisotopic (exact) mass is 453 g/mol. The van der Waals surface area contributed by atoms with Gasteiger partial charge in [-0.2, -0.15) is 0 Å². The summed E-state index contributed by atoms with van der Waals surface area (Å²) >= 11 is 0. The molecule has 0 bridgehead atoms. The largest absolute Gasteiger partial charge is 0.486 e. The smallest absolute Gasteiger partial charge is 0.253 e. The number of aromatic nitrogens is 5. The van der Waals surface area contributed by atoms with Gasteiger partial charge in [-0.3, -0.25) is 9.69 Å². The van der Waals surface area contributed by atoms with Gasteiger partial charge in [-0.15, -0.1) is 5.10 Å². The van der Waals surface area contributed by atoms with Gasteiger partial charge in [-0.1, -0.05) is 6.92 Å². The highest BCUT2D eigenvalue weighted by Gasteiger charge is 2.35. The molecular formula is C23H31N7O3. The van der Waals surface area contributed by atoms with Crippen molar-refractivity contribution in [1.82, 2.24) is 35.0 Å². The maximum atomic E-state index is 13.4. The van der Waals surface area contributed by atoms with Gasteiger partial charge < -0.3 is 19.4 Å². The van der Waals surface area contributed by atoms with Crippen LogP contribution in [0.2, 0.25) is 0 Å². The molecule has 176 valence electrons. The average molecular weight is 454 g/mol. The normalized spacial score (nSPS) is 18.5. The molecule has 0 radical (unpaired) electrons. The lowest BCUT2D eigenvalue weighted by atomic mass is 9.98. The van der Waals surface area contributed by atoms with Crippen LogP contribution in [-0.2, 0) is 5.54 Å². The third kappa shape index (κ3) is 3.97. The number of hydrogen-bond acceptors (Lipinski definition) is 8. The number of hydrogen-bond donors (Lipinski definition) is 1. The van der Waals surface area contributed by atoms with Crippen LogP contribution < -0.4 is 15.0 Å². The minimum atomic E-state index is -0.360. The molecule has 2 aliphatic heterocycles. The highest BCUT2D eigenvalue weighted by atomic mass is 16.6. The van der Waals surface area contributed by atoms with Crippen molar-refractivity contribution in [2.24, 2.45) is 0 Å². The summed E-state index contributed by atoms with van der Waals surface area (Å²) in [6, 6.07) is 5.36. The van der Waals surface area contributed by atoms with Crippen LogP contribution in [0.4, 0.5) is 0 Å². The van der Waals surface area contributed by atoms with E-state index < -0.39 is 0 Å². The molecule has 0 spiro atoms. The second kappa shape index (κ2) is 8.42. The van der Waals surface area contributed by atoms with Gasteiger partial charge in [-0.25, -0.2) is 4.68 Å². The first kappa shape index (κ1) is 21.8. The van der Waals surface area contributed by atoms with E-state index in [-0.39, 0.29) is 17.1 Å². The van der Waals surface area contributed by atoms with E-state index in [9.17, 15) is 4.79 Å². The average Bonchev–Trinajstić information content (AvgIpc) is 3.30. The predicted octanol–water partition coefficient (Wildman–Crippen LogP) is 1.77. The zero-order chi connectivity index (χ0) is 23.2. The molecule has 1 atom stereocenters. The number of fused-ring (bicyclic) bond motifs is 2. The first-order valence-electron chi connectivity index (χ1n) is 11.6. The number of H-pyrrole nitrogens is 1. The predicted molar refractivity (Wildman–Crippen MR) is 124 cm³/mol. The lowest BCUT2D eigenvalue weighted by Crippen LogP contribution is -2.48. The summed E-state index contributed by atoms with van der Waals surface area (Å²) in [5.41, 5.74) is 0.926. The van der Waals surface area contributed by atoms with Crippen LogP contribution in [0.15, 0.2) is 23.0 Å². The molecule has 3 aromatic rings.